The van der Waals surface area contributed by atoms with Gasteiger partial charge in [-0.3, -0.25) is 0 Å². The molecule has 4 nitrogen and oxygen atoms in total. The van der Waals surface area contributed by atoms with E-state index in [0.29, 0.717) is 6.26 Å². The molecule has 1 rings (SSSR count). The Morgan fingerprint density at radius 1 is 1.00 bits per heavy atom. The van der Waals surface area contributed by atoms with Crippen LogP contribution in [0.3, 0.4) is 0 Å². The van der Waals surface area contributed by atoms with Gasteiger partial charge < -0.3 is 5.11 Å². The summed E-state index contributed by atoms with van der Waals surface area (Å²) in [6.07, 6.45) is 0.342. The average molecular weight is 272 g/mol. The summed E-state index contributed by atoms with van der Waals surface area (Å²) in [5.41, 5.74) is -1.76. The van der Waals surface area contributed by atoms with Gasteiger partial charge in [0.25, 0.3) is 0 Å². The Morgan fingerprint density at radius 3 is 1.76 bits per heavy atom. The summed E-state index contributed by atoms with van der Waals surface area (Å²) in [7, 11) is -4.57. The Kier molecular flexibility index (Phi) is 3.15. The zero-order chi connectivity index (χ0) is 13.5. The molecule has 0 spiro atoms. The molecule has 0 aliphatic heterocycles. The molecule has 1 aromatic carbocycles. The number of sulfone groups is 1. The molecule has 0 saturated carbocycles. The Morgan fingerprint density at radius 2 is 1.41 bits per heavy atom. The lowest BCUT2D eigenvalue weighted by Crippen LogP contribution is -2.16. The van der Waals surface area contributed by atoms with Crippen LogP contribution in [0, 0.1) is 23.3 Å². The number of hydrogen-bond acceptors (Lipinski definition) is 3. The van der Waals surface area contributed by atoms with Crippen molar-refractivity contribution in [2.45, 2.75) is 4.90 Å². The lowest BCUT2D eigenvalue weighted by Gasteiger charge is -2.08. The maximum Gasteiger partial charge on any atom is 0.340 e. The normalized spacial score (nSPS) is 11.6. The first kappa shape index (κ1) is 13.4. The highest BCUT2D eigenvalue weighted by Gasteiger charge is 2.33. The van der Waals surface area contributed by atoms with Gasteiger partial charge in [-0.15, -0.1) is 0 Å². The summed E-state index contributed by atoms with van der Waals surface area (Å²) in [6.45, 7) is 0. The van der Waals surface area contributed by atoms with E-state index in [4.69, 9.17) is 5.11 Å². The molecule has 0 heterocycles. The summed E-state index contributed by atoms with van der Waals surface area (Å²) in [4.78, 5) is 8.82. The zero-order valence-electron chi connectivity index (χ0n) is 8.09. The summed E-state index contributed by atoms with van der Waals surface area (Å²) in [5, 5.41) is 8.49. The van der Waals surface area contributed by atoms with Gasteiger partial charge in [0, 0.05) is 6.26 Å². The highest BCUT2D eigenvalue weighted by molar-refractivity contribution is 7.90. The minimum Gasteiger partial charge on any atom is -0.478 e. The Hall–Kier alpha value is -1.64. The third kappa shape index (κ3) is 2.09. The van der Waals surface area contributed by atoms with Crippen molar-refractivity contribution in [2.75, 3.05) is 6.26 Å². The molecule has 0 atom stereocenters. The first-order valence-electron chi connectivity index (χ1n) is 3.88. The van der Waals surface area contributed by atoms with Crippen LogP contribution in [-0.2, 0) is 9.84 Å². The Labute approximate surface area is 92.4 Å². The van der Waals surface area contributed by atoms with E-state index in [2.05, 4.69) is 0 Å². The highest BCUT2D eigenvalue weighted by Crippen LogP contribution is 2.27. The molecule has 0 bridgehead atoms. The van der Waals surface area contributed by atoms with Gasteiger partial charge in [0.15, 0.2) is 33.1 Å². The molecule has 1 N–H and O–H groups in total. The Balaban J connectivity index is 4.00. The largest absolute Gasteiger partial charge is 0.478 e. The fourth-order valence-corrected chi connectivity index (χ4v) is 2.11. The molecule has 1 aromatic rings. The lowest BCUT2D eigenvalue weighted by molar-refractivity contribution is 0.0684. The second-order valence-electron chi connectivity index (χ2n) is 3.04. The predicted molar refractivity (Wildman–Crippen MR) is 46.3 cm³/mol. The van der Waals surface area contributed by atoms with Crippen LogP contribution >= 0.6 is 0 Å². The van der Waals surface area contributed by atoms with Crippen LogP contribution in [0.4, 0.5) is 17.6 Å². The summed E-state index contributed by atoms with van der Waals surface area (Å²) in [5.74, 6) is -11.5. The van der Waals surface area contributed by atoms with Gasteiger partial charge in [0.1, 0.15) is 10.5 Å². The zero-order valence-corrected chi connectivity index (χ0v) is 8.91. The van der Waals surface area contributed by atoms with Gasteiger partial charge >= 0.3 is 5.97 Å². The number of halogens is 4. The molecule has 0 saturated heterocycles. The van der Waals surface area contributed by atoms with E-state index < -0.39 is 49.5 Å². The number of carboxylic acids is 1. The van der Waals surface area contributed by atoms with Gasteiger partial charge in [-0.1, -0.05) is 0 Å². The maximum absolute atomic E-state index is 13.1. The van der Waals surface area contributed by atoms with E-state index >= 15 is 0 Å². The summed E-state index contributed by atoms with van der Waals surface area (Å²) < 4.78 is 73.8. The number of carbonyl (C=O) groups is 1. The van der Waals surface area contributed by atoms with Crippen LogP contribution in [0.25, 0.3) is 0 Å². The van der Waals surface area contributed by atoms with Crippen molar-refractivity contribution in [3.8, 4) is 0 Å². The average Bonchev–Trinajstić information content (AvgIpc) is 2.17. The van der Waals surface area contributed by atoms with Crippen molar-refractivity contribution >= 4 is 15.8 Å². The molecule has 0 aliphatic carbocycles. The van der Waals surface area contributed by atoms with Gasteiger partial charge in [-0.2, -0.15) is 0 Å². The summed E-state index contributed by atoms with van der Waals surface area (Å²) in [6, 6.07) is 0. The van der Waals surface area contributed by atoms with Crippen LogP contribution in [0.2, 0.25) is 0 Å². The third-order valence-electron chi connectivity index (χ3n) is 1.81. The molecular weight excluding hydrogens is 268 g/mol. The number of carboxylic acid groups (broad SMARTS) is 1. The maximum atomic E-state index is 13.1. The SMILES string of the molecule is CS(=O)(=O)c1c(F)c(F)c(F)c(F)c1C(=O)O. The molecule has 0 aliphatic rings. The summed E-state index contributed by atoms with van der Waals surface area (Å²) >= 11 is 0. The van der Waals surface area contributed by atoms with Crippen LogP contribution in [0.5, 0.6) is 0 Å². The lowest BCUT2D eigenvalue weighted by atomic mass is 10.2. The van der Waals surface area contributed by atoms with Crippen LogP contribution in [0.1, 0.15) is 10.4 Å². The fourth-order valence-electron chi connectivity index (χ4n) is 1.15. The minimum absolute atomic E-state index is 0.342. The van der Waals surface area contributed by atoms with E-state index in [1.165, 1.54) is 0 Å². The fraction of sp³-hybridized carbons (Fsp3) is 0.125. The van der Waals surface area contributed by atoms with Crippen molar-refractivity contribution in [3.05, 3.63) is 28.8 Å². The van der Waals surface area contributed by atoms with E-state index in [1.54, 1.807) is 0 Å². The van der Waals surface area contributed by atoms with Crippen molar-refractivity contribution in [1.82, 2.24) is 0 Å². The number of hydrogen-bond donors (Lipinski definition) is 1. The van der Waals surface area contributed by atoms with Crippen molar-refractivity contribution in [3.63, 3.8) is 0 Å². The number of rotatable bonds is 2. The second-order valence-corrected chi connectivity index (χ2v) is 4.99. The van der Waals surface area contributed by atoms with Crippen LogP contribution < -0.4 is 0 Å². The van der Waals surface area contributed by atoms with E-state index in [-0.39, 0.29) is 0 Å². The van der Waals surface area contributed by atoms with Gasteiger partial charge in [-0.25, -0.2) is 30.8 Å². The first-order valence-corrected chi connectivity index (χ1v) is 5.77. The molecule has 9 heteroatoms. The molecular formula is C8H4F4O4S. The van der Waals surface area contributed by atoms with Crippen molar-refractivity contribution < 1.29 is 35.9 Å². The van der Waals surface area contributed by atoms with E-state index in [1.807, 2.05) is 0 Å². The van der Waals surface area contributed by atoms with Gasteiger partial charge in [0.2, 0.25) is 0 Å². The predicted octanol–water partition coefficient (Wildman–Crippen LogP) is 1.34. The quantitative estimate of drug-likeness (QED) is 0.382. The number of aromatic carboxylic acids is 1. The molecule has 0 unspecified atom stereocenters. The second kappa shape index (κ2) is 3.99. The van der Waals surface area contributed by atoms with Gasteiger partial charge in [-0.05, 0) is 0 Å². The van der Waals surface area contributed by atoms with Crippen molar-refractivity contribution in [1.29, 1.82) is 0 Å². The third-order valence-corrected chi connectivity index (χ3v) is 2.93. The standard InChI is InChI=1S/C8H4F4O4S/c1-17(15,16)7-2(8(13)14)3(9)4(10)5(11)6(7)12/h1H3,(H,13,14). The smallest absolute Gasteiger partial charge is 0.340 e. The van der Waals surface area contributed by atoms with Crippen LogP contribution in [-0.4, -0.2) is 25.7 Å². The molecule has 0 aromatic heterocycles. The number of benzene rings is 1. The van der Waals surface area contributed by atoms with E-state index in [0.717, 1.165) is 0 Å². The molecule has 0 fully saturated rings. The van der Waals surface area contributed by atoms with Crippen LogP contribution in [0.15, 0.2) is 4.90 Å². The van der Waals surface area contributed by atoms with Crippen molar-refractivity contribution in [2.24, 2.45) is 0 Å². The van der Waals surface area contributed by atoms with Gasteiger partial charge in [0.05, 0.1) is 0 Å². The molecule has 0 radical (unpaired) electrons. The first-order chi connectivity index (χ1) is 7.59. The van der Waals surface area contributed by atoms with E-state index in [9.17, 15) is 30.8 Å². The minimum atomic E-state index is -4.57. The highest BCUT2D eigenvalue weighted by atomic mass is 32.2. The molecule has 94 valence electrons. The molecule has 17 heavy (non-hydrogen) atoms. The molecule has 0 amide bonds. The Bertz CT molecular complexity index is 609. The monoisotopic (exact) mass is 272 g/mol. The topological polar surface area (TPSA) is 71.4 Å².